The zero-order valence-corrected chi connectivity index (χ0v) is 16.0. The second kappa shape index (κ2) is 9.27. The molecule has 0 fully saturated rings. The lowest BCUT2D eigenvalue weighted by atomic mass is 10.1. The number of hydrogen-bond acceptors (Lipinski definition) is 7. The van der Waals surface area contributed by atoms with Gasteiger partial charge in [0.15, 0.2) is 0 Å². The van der Waals surface area contributed by atoms with Gasteiger partial charge >= 0.3 is 11.9 Å². The molecule has 1 aliphatic heterocycles. The van der Waals surface area contributed by atoms with Crippen molar-refractivity contribution in [2.75, 3.05) is 19.1 Å². The first-order valence-electron chi connectivity index (χ1n) is 8.76. The monoisotopic (exact) mass is 389 g/mol. The Morgan fingerprint density at radius 1 is 0.793 bits per heavy atom. The number of carbonyl (C=O) groups is 2. The van der Waals surface area contributed by atoms with Crippen LogP contribution in [0.25, 0.3) is 0 Å². The van der Waals surface area contributed by atoms with Crippen molar-refractivity contribution in [3.8, 4) is 0 Å². The second-order valence-electron chi connectivity index (χ2n) is 5.87. The predicted molar refractivity (Wildman–Crippen MR) is 109 cm³/mol. The summed E-state index contributed by atoms with van der Waals surface area (Å²) in [6.07, 6.45) is 6.54. The van der Waals surface area contributed by atoms with E-state index < -0.39 is 11.9 Å². The molecule has 0 amide bonds. The first-order valence-corrected chi connectivity index (χ1v) is 8.76. The smallest absolute Gasteiger partial charge is 0.355 e. The number of ether oxygens (including phenoxy) is 2. The number of azo groups is 1. The van der Waals surface area contributed by atoms with Crippen molar-refractivity contribution in [2.24, 2.45) is 10.2 Å². The molecule has 0 atom stereocenters. The highest BCUT2D eigenvalue weighted by Gasteiger charge is 2.27. The number of methoxy groups -OCH3 is 2. The van der Waals surface area contributed by atoms with E-state index in [9.17, 15) is 9.59 Å². The fourth-order valence-corrected chi connectivity index (χ4v) is 2.66. The Bertz CT molecular complexity index is 1010. The summed E-state index contributed by atoms with van der Waals surface area (Å²) in [7, 11) is 2.51. The van der Waals surface area contributed by atoms with Crippen LogP contribution in [0, 0.1) is 0 Å². The minimum absolute atomic E-state index is 0.0583. The van der Waals surface area contributed by atoms with Crippen LogP contribution in [0.5, 0.6) is 0 Å². The summed E-state index contributed by atoms with van der Waals surface area (Å²) in [6, 6.07) is 16.5. The van der Waals surface area contributed by atoms with E-state index in [-0.39, 0.29) is 11.3 Å². The molecule has 146 valence electrons. The maximum Gasteiger partial charge on any atom is 0.355 e. The molecule has 1 heterocycles. The Labute approximate surface area is 168 Å². The largest absolute Gasteiger partial charge is 0.465 e. The van der Waals surface area contributed by atoms with Crippen molar-refractivity contribution in [3.05, 3.63) is 90.3 Å². The lowest BCUT2D eigenvalue weighted by Crippen LogP contribution is -2.26. The van der Waals surface area contributed by atoms with Crippen LogP contribution in [-0.4, -0.2) is 26.2 Å². The zero-order chi connectivity index (χ0) is 20.6. The summed E-state index contributed by atoms with van der Waals surface area (Å²) in [5.41, 5.74) is 2.19. The van der Waals surface area contributed by atoms with Crippen molar-refractivity contribution >= 4 is 29.0 Å². The number of anilines is 1. The number of esters is 2. The van der Waals surface area contributed by atoms with Crippen LogP contribution in [0.1, 0.15) is 0 Å². The number of allylic oxidation sites excluding steroid dienone is 2. The molecule has 7 nitrogen and oxygen atoms in total. The van der Waals surface area contributed by atoms with E-state index in [1.807, 2.05) is 30.3 Å². The molecule has 0 aliphatic carbocycles. The zero-order valence-electron chi connectivity index (χ0n) is 16.0. The lowest BCUT2D eigenvalue weighted by Gasteiger charge is -2.23. The molecule has 0 aromatic heterocycles. The topological polar surface area (TPSA) is 80.6 Å². The van der Waals surface area contributed by atoms with E-state index in [0.717, 1.165) is 5.69 Å². The van der Waals surface area contributed by atoms with Crippen LogP contribution in [0.4, 0.5) is 17.1 Å². The van der Waals surface area contributed by atoms with Gasteiger partial charge in [0, 0.05) is 11.9 Å². The van der Waals surface area contributed by atoms with Crippen molar-refractivity contribution in [1.29, 1.82) is 0 Å². The summed E-state index contributed by atoms with van der Waals surface area (Å²) < 4.78 is 9.70. The quantitative estimate of drug-likeness (QED) is 0.552. The molecule has 0 saturated heterocycles. The molecule has 0 spiro atoms. The Morgan fingerprint density at radius 2 is 1.41 bits per heavy atom. The van der Waals surface area contributed by atoms with Crippen molar-refractivity contribution in [2.45, 2.75) is 0 Å². The Morgan fingerprint density at radius 3 is 2.03 bits per heavy atom. The van der Waals surface area contributed by atoms with Crippen LogP contribution in [0.2, 0.25) is 0 Å². The normalized spacial score (nSPS) is 13.5. The van der Waals surface area contributed by atoms with Crippen molar-refractivity contribution < 1.29 is 19.1 Å². The van der Waals surface area contributed by atoms with Crippen LogP contribution in [0.15, 0.2) is 101 Å². The van der Waals surface area contributed by atoms with Gasteiger partial charge in [0.2, 0.25) is 0 Å². The van der Waals surface area contributed by atoms with E-state index in [1.54, 1.807) is 47.5 Å². The standard InChI is InChI=1S/C22H19N3O4/c1-28-21(26)19-10-6-7-15-25(20(19)22(27)29-2)18-13-11-17(12-14-18)24-23-16-8-4-3-5-9-16/h3-15H,1-2H3. The van der Waals surface area contributed by atoms with Gasteiger partial charge in [0.25, 0.3) is 0 Å². The molecular formula is C22H19N3O4. The van der Waals surface area contributed by atoms with E-state index in [1.165, 1.54) is 20.3 Å². The molecule has 2 aromatic rings. The highest BCUT2D eigenvalue weighted by atomic mass is 16.5. The third kappa shape index (κ3) is 4.65. The summed E-state index contributed by atoms with van der Waals surface area (Å²) in [6.45, 7) is 0. The first kappa shape index (κ1) is 19.8. The number of carbonyl (C=O) groups excluding carboxylic acids is 2. The minimum Gasteiger partial charge on any atom is -0.465 e. The van der Waals surface area contributed by atoms with Gasteiger partial charge in [-0.3, -0.25) is 0 Å². The average Bonchev–Trinajstić information content (AvgIpc) is 3.00. The minimum atomic E-state index is -0.658. The van der Waals surface area contributed by atoms with Gasteiger partial charge in [-0.25, -0.2) is 9.59 Å². The SMILES string of the molecule is COC(=O)C1=C(C(=O)OC)N(c2ccc(N=Nc3ccccc3)cc2)C=CC=C1. The fourth-order valence-electron chi connectivity index (χ4n) is 2.66. The molecule has 2 aromatic carbocycles. The fraction of sp³-hybridized carbons (Fsp3) is 0.0909. The Hall–Kier alpha value is -4.00. The molecule has 29 heavy (non-hydrogen) atoms. The molecule has 7 heteroatoms. The predicted octanol–water partition coefficient (Wildman–Crippen LogP) is 4.59. The van der Waals surface area contributed by atoms with E-state index in [0.29, 0.717) is 11.4 Å². The number of benzene rings is 2. The highest BCUT2D eigenvalue weighted by molar-refractivity contribution is 6.05. The van der Waals surface area contributed by atoms with Crippen molar-refractivity contribution in [1.82, 2.24) is 0 Å². The molecule has 0 N–H and O–H groups in total. The van der Waals surface area contributed by atoms with Gasteiger partial charge in [-0.05, 0) is 48.6 Å². The maximum atomic E-state index is 12.4. The van der Waals surface area contributed by atoms with E-state index in [4.69, 9.17) is 9.47 Å². The van der Waals surface area contributed by atoms with Crippen molar-refractivity contribution in [3.63, 3.8) is 0 Å². The summed E-state index contributed by atoms with van der Waals surface area (Å²) in [5, 5.41) is 8.39. The average molecular weight is 389 g/mol. The molecule has 0 radical (unpaired) electrons. The highest BCUT2D eigenvalue weighted by Crippen LogP contribution is 2.28. The van der Waals surface area contributed by atoms with Gasteiger partial charge in [-0.1, -0.05) is 24.3 Å². The van der Waals surface area contributed by atoms with Gasteiger partial charge in [0.05, 0.1) is 31.2 Å². The van der Waals surface area contributed by atoms with Crippen LogP contribution < -0.4 is 4.90 Å². The third-order valence-corrected chi connectivity index (χ3v) is 4.05. The van der Waals surface area contributed by atoms with Gasteiger partial charge < -0.3 is 14.4 Å². The maximum absolute atomic E-state index is 12.4. The molecule has 0 bridgehead atoms. The van der Waals surface area contributed by atoms with Crippen LogP contribution in [0.3, 0.4) is 0 Å². The Balaban J connectivity index is 1.94. The van der Waals surface area contributed by atoms with Crippen LogP contribution in [-0.2, 0) is 19.1 Å². The molecule has 0 saturated carbocycles. The number of hydrogen-bond donors (Lipinski definition) is 0. The van der Waals surface area contributed by atoms with Gasteiger partial charge in [-0.15, -0.1) is 0 Å². The molecule has 0 unspecified atom stereocenters. The summed E-state index contributed by atoms with van der Waals surface area (Å²) in [5.74, 6) is -1.29. The van der Waals surface area contributed by atoms with E-state index in [2.05, 4.69) is 10.2 Å². The van der Waals surface area contributed by atoms with Crippen LogP contribution >= 0.6 is 0 Å². The summed E-state index contributed by atoms with van der Waals surface area (Å²) >= 11 is 0. The van der Waals surface area contributed by atoms with Gasteiger partial charge in [-0.2, -0.15) is 10.2 Å². The number of rotatable bonds is 5. The molecule has 1 aliphatic rings. The number of nitrogens with zero attached hydrogens (tertiary/aromatic N) is 3. The lowest BCUT2D eigenvalue weighted by molar-refractivity contribution is -0.139. The molecular weight excluding hydrogens is 370 g/mol. The third-order valence-electron chi connectivity index (χ3n) is 4.05. The first-order chi connectivity index (χ1) is 14.1. The summed E-state index contributed by atoms with van der Waals surface area (Å²) in [4.78, 5) is 26.2. The second-order valence-corrected chi connectivity index (χ2v) is 5.87. The van der Waals surface area contributed by atoms with Gasteiger partial charge in [0.1, 0.15) is 5.70 Å². The Kier molecular flexibility index (Phi) is 6.32. The molecule has 3 rings (SSSR count). The van der Waals surface area contributed by atoms with E-state index >= 15 is 0 Å².